The molecule has 0 aliphatic carbocycles. The van der Waals surface area contributed by atoms with E-state index in [1.165, 1.54) is 0 Å². The van der Waals surface area contributed by atoms with E-state index in [1.807, 2.05) is 6.07 Å². The summed E-state index contributed by atoms with van der Waals surface area (Å²) >= 11 is 12.2. The van der Waals surface area contributed by atoms with Gasteiger partial charge in [-0.15, -0.1) is 0 Å². The molecule has 0 atom stereocenters. The van der Waals surface area contributed by atoms with Crippen molar-refractivity contribution in [3.63, 3.8) is 0 Å². The number of nitrogens with zero attached hydrogens (tertiary/aromatic N) is 3. The topological polar surface area (TPSA) is 100 Å². The first-order valence-corrected chi connectivity index (χ1v) is 12.9. The third-order valence-corrected chi connectivity index (χ3v) is 6.75. The molecule has 2 N–H and O–H groups in total. The number of para-hydroxylation sites is 1. The van der Waals surface area contributed by atoms with Crippen LogP contribution in [0.4, 0.5) is 5.69 Å². The molecule has 1 saturated heterocycles. The van der Waals surface area contributed by atoms with Crippen LogP contribution in [0.1, 0.15) is 48.9 Å². The number of likely N-dealkylation sites (tertiary alicyclic amines) is 1. The second-order valence-corrected chi connectivity index (χ2v) is 9.67. The van der Waals surface area contributed by atoms with E-state index in [-0.39, 0.29) is 17.7 Å². The number of hydrogen-bond acceptors (Lipinski definition) is 6. The molecule has 3 aromatic rings. The van der Waals surface area contributed by atoms with Gasteiger partial charge in [-0.1, -0.05) is 53.8 Å². The fraction of sp³-hybridized carbons (Fsp3) is 0.385. The van der Waals surface area contributed by atoms with Crippen molar-refractivity contribution in [3.05, 3.63) is 64.0 Å². The molecular formula is C26H29Cl2N5O3. The van der Waals surface area contributed by atoms with Crippen molar-refractivity contribution in [2.75, 3.05) is 25.0 Å². The summed E-state index contributed by atoms with van der Waals surface area (Å²) in [6.07, 6.45) is 3.31. The highest BCUT2D eigenvalue weighted by molar-refractivity contribution is 6.36. The maximum atomic E-state index is 13.0. The molecule has 1 aliphatic heterocycles. The van der Waals surface area contributed by atoms with Crippen LogP contribution in [-0.4, -0.2) is 46.5 Å². The molecule has 190 valence electrons. The van der Waals surface area contributed by atoms with Crippen LogP contribution in [-0.2, 0) is 11.3 Å². The Kier molecular flexibility index (Phi) is 8.96. The summed E-state index contributed by atoms with van der Waals surface area (Å²) in [4.78, 5) is 32.1. The van der Waals surface area contributed by atoms with Crippen molar-refractivity contribution < 1.29 is 14.1 Å². The number of carbonyl (C=O) groups is 2. The fourth-order valence-electron chi connectivity index (χ4n) is 4.14. The number of nitrogens with one attached hydrogen (secondary N) is 2. The normalized spacial score (nSPS) is 14.5. The minimum Gasteiger partial charge on any atom is -0.352 e. The first kappa shape index (κ1) is 26.1. The molecule has 0 bridgehead atoms. The molecule has 1 aliphatic rings. The van der Waals surface area contributed by atoms with Crippen LogP contribution < -0.4 is 10.6 Å². The van der Waals surface area contributed by atoms with E-state index in [2.05, 4.69) is 32.6 Å². The van der Waals surface area contributed by atoms with Crippen molar-refractivity contribution in [2.45, 2.75) is 39.2 Å². The van der Waals surface area contributed by atoms with Crippen LogP contribution in [0.25, 0.3) is 11.4 Å². The van der Waals surface area contributed by atoms with Crippen molar-refractivity contribution in [3.8, 4) is 11.4 Å². The van der Waals surface area contributed by atoms with Gasteiger partial charge in [-0.3, -0.25) is 14.5 Å². The van der Waals surface area contributed by atoms with Crippen molar-refractivity contribution in [1.82, 2.24) is 20.4 Å². The molecule has 1 aromatic heterocycles. The first-order chi connectivity index (χ1) is 17.4. The highest BCUT2D eigenvalue weighted by Crippen LogP contribution is 2.29. The van der Waals surface area contributed by atoms with Gasteiger partial charge >= 0.3 is 0 Å². The number of halogens is 2. The van der Waals surface area contributed by atoms with Gasteiger partial charge < -0.3 is 15.2 Å². The van der Waals surface area contributed by atoms with Gasteiger partial charge in [-0.05, 0) is 62.7 Å². The monoisotopic (exact) mass is 529 g/mol. The fourth-order valence-corrected chi connectivity index (χ4v) is 4.64. The molecule has 0 unspecified atom stereocenters. The number of rotatable bonds is 9. The Morgan fingerprint density at radius 3 is 2.67 bits per heavy atom. The molecular weight excluding hydrogens is 501 g/mol. The van der Waals surface area contributed by atoms with Gasteiger partial charge in [0.1, 0.15) is 0 Å². The van der Waals surface area contributed by atoms with Crippen LogP contribution in [0, 0.1) is 5.92 Å². The second-order valence-electron chi connectivity index (χ2n) is 8.83. The zero-order valence-electron chi connectivity index (χ0n) is 20.1. The van der Waals surface area contributed by atoms with E-state index in [9.17, 15) is 9.59 Å². The number of aromatic nitrogens is 2. The van der Waals surface area contributed by atoms with E-state index in [4.69, 9.17) is 27.7 Å². The number of benzene rings is 2. The predicted molar refractivity (Wildman–Crippen MR) is 140 cm³/mol. The van der Waals surface area contributed by atoms with Gasteiger partial charge in [-0.25, -0.2) is 0 Å². The molecule has 1 fully saturated rings. The average Bonchev–Trinajstić information content (AvgIpc) is 3.33. The van der Waals surface area contributed by atoms with E-state index in [0.29, 0.717) is 64.5 Å². The zero-order valence-corrected chi connectivity index (χ0v) is 21.6. The minimum absolute atomic E-state index is 0.0686. The van der Waals surface area contributed by atoms with E-state index in [1.54, 1.807) is 36.4 Å². The third-order valence-electron chi connectivity index (χ3n) is 6.20. The Hall–Kier alpha value is -2.94. The van der Waals surface area contributed by atoms with Crippen LogP contribution in [0.15, 0.2) is 47.0 Å². The number of carbonyl (C=O) groups excluding carboxylic acids is 2. The summed E-state index contributed by atoms with van der Waals surface area (Å²) in [5.74, 6) is 0.526. The molecule has 0 spiro atoms. The predicted octanol–water partition coefficient (Wildman–Crippen LogP) is 5.42. The van der Waals surface area contributed by atoms with E-state index < -0.39 is 0 Å². The SMILES string of the molecule is CCCCNC(=O)c1ccccc1NC(=O)C1CCN(Cc2nc(-c3ccc(Cl)cc3Cl)no2)CC1. The third kappa shape index (κ3) is 6.63. The maximum absolute atomic E-state index is 13.0. The first-order valence-electron chi connectivity index (χ1n) is 12.1. The number of piperidine rings is 1. The zero-order chi connectivity index (χ0) is 25.5. The summed E-state index contributed by atoms with van der Waals surface area (Å²) in [6.45, 7) is 4.62. The van der Waals surface area contributed by atoms with Crippen molar-refractivity contribution >= 4 is 40.7 Å². The Bertz CT molecular complexity index is 1210. The maximum Gasteiger partial charge on any atom is 0.253 e. The highest BCUT2D eigenvalue weighted by Gasteiger charge is 2.27. The summed E-state index contributed by atoms with van der Waals surface area (Å²) in [5, 5.41) is 10.9. The molecule has 10 heteroatoms. The van der Waals surface area contributed by atoms with Crippen molar-refractivity contribution in [1.29, 1.82) is 0 Å². The quantitative estimate of drug-likeness (QED) is 0.358. The number of unbranched alkanes of at least 4 members (excludes halogenated alkanes) is 1. The lowest BCUT2D eigenvalue weighted by atomic mass is 9.95. The Labute approximate surface area is 220 Å². The van der Waals surface area contributed by atoms with Gasteiger partial charge in [0.05, 0.1) is 22.8 Å². The number of amides is 2. The Morgan fingerprint density at radius 1 is 1.14 bits per heavy atom. The van der Waals surface area contributed by atoms with E-state index in [0.717, 1.165) is 25.9 Å². The summed E-state index contributed by atoms with van der Waals surface area (Å²) in [6, 6.07) is 12.2. The van der Waals surface area contributed by atoms with Crippen LogP contribution in [0.2, 0.25) is 10.0 Å². The largest absolute Gasteiger partial charge is 0.352 e. The van der Waals surface area contributed by atoms with Crippen LogP contribution in [0.3, 0.4) is 0 Å². The van der Waals surface area contributed by atoms with Crippen LogP contribution in [0.5, 0.6) is 0 Å². The lowest BCUT2D eigenvalue weighted by Gasteiger charge is -2.30. The summed E-state index contributed by atoms with van der Waals surface area (Å²) in [5.41, 5.74) is 1.68. The highest BCUT2D eigenvalue weighted by atomic mass is 35.5. The van der Waals surface area contributed by atoms with Gasteiger partial charge in [0.15, 0.2) is 0 Å². The lowest BCUT2D eigenvalue weighted by molar-refractivity contribution is -0.121. The summed E-state index contributed by atoms with van der Waals surface area (Å²) in [7, 11) is 0. The number of hydrogen-bond donors (Lipinski definition) is 2. The minimum atomic E-state index is -0.173. The molecule has 2 amide bonds. The second kappa shape index (κ2) is 12.3. The smallest absolute Gasteiger partial charge is 0.253 e. The summed E-state index contributed by atoms with van der Waals surface area (Å²) < 4.78 is 5.42. The number of anilines is 1. The standard InChI is InChI=1S/C26H29Cl2N5O3/c1-2-3-12-29-26(35)20-6-4-5-7-22(20)30-25(34)17-10-13-33(14-11-17)16-23-31-24(32-36-23)19-9-8-18(27)15-21(19)28/h4-9,15,17H,2-3,10-14,16H2,1H3,(H,29,35)(H,30,34). The molecule has 8 nitrogen and oxygen atoms in total. The Balaban J connectivity index is 1.30. The van der Waals surface area contributed by atoms with Crippen LogP contribution >= 0.6 is 23.2 Å². The van der Waals surface area contributed by atoms with E-state index >= 15 is 0 Å². The molecule has 0 saturated carbocycles. The molecule has 2 aromatic carbocycles. The molecule has 4 rings (SSSR count). The van der Waals surface area contributed by atoms with Gasteiger partial charge in [-0.2, -0.15) is 4.98 Å². The van der Waals surface area contributed by atoms with Gasteiger partial charge in [0, 0.05) is 23.0 Å². The van der Waals surface area contributed by atoms with Gasteiger partial charge in [0.25, 0.3) is 5.91 Å². The molecule has 0 radical (unpaired) electrons. The van der Waals surface area contributed by atoms with Crippen molar-refractivity contribution in [2.24, 2.45) is 5.92 Å². The average molecular weight is 530 g/mol. The lowest BCUT2D eigenvalue weighted by Crippen LogP contribution is -2.38. The Morgan fingerprint density at radius 2 is 1.92 bits per heavy atom. The molecule has 2 heterocycles. The molecule has 36 heavy (non-hydrogen) atoms. The van der Waals surface area contributed by atoms with Gasteiger partial charge in [0.2, 0.25) is 17.6 Å².